The molecule has 4 heteroatoms. The predicted octanol–water partition coefficient (Wildman–Crippen LogP) is 4.55. The Morgan fingerprint density at radius 3 is 2.63 bits per heavy atom. The first-order chi connectivity index (χ1) is 13.3. The van der Waals surface area contributed by atoms with Gasteiger partial charge in [0.15, 0.2) is 5.78 Å². The van der Waals surface area contributed by atoms with Crippen LogP contribution < -0.4 is 9.47 Å². The second-order valence-electron chi connectivity index (χ2n) is 7.31. The van der Waals surface area contributed by atoms with Crippen LogP contribution >= 0.6 is 0 Å². The van der Waals surface area contributed by atoms with Gasteiger partial charge in [0.25, 0.3) is 0 Å². The van der Waals surface area contributed by atoms with Gasteiger partial charge in [-0.2, -0.15) is 0 Å². The maximum Gasteiger partial charge on any atom is 0.194 e. The Morgan fingerprint density at radius 2 is 1.81 bits per heavy atom. The first-order valence-electron chi connectivity index (χ1n) is 10.1. The second kappa shape index (κ2) is 8.13. The number of rotatable bonds is 8. The number of hydrogen-bond donors (Lipinski definition) is 0. The zero-order chi connectivity index (χ0) is 18.6. The van der Waals surface area contributed by atoms with E-state index in [4.69, 9.17) is 9.47 Å². The van der Waals surface area contributed by atoms with Crippen molar-refractivity contribution in [2.45, 2.75) is 32.6 Å². The van der Waals surface area contributed by atoms with Crippen LogP contribution in [0.2, 0.25) is 0 Å². The first kappa shape index (κ1) is 18.1. The molecule has 1 aliphatic carbocycles. The molecule has 1 aliphatic heterocycles. The van der Waals surface area contributed by atoms with Gasteiger partial charge in [0.2, 0.25) is 0 Å². The van der Waals surface area contributed by atoms with Crippen LogP contribution in [-0.2, 0) is 0 Å². The number of benzene rings is 2. The molecule has 4 nitrogen and oxygen atoms in total. The number of hydrogen-bond acceptors (Lipinski definition) is 4. The summed E-state index contributed by atoms with van der Waals surface area (Å²) in [4.78, 5) is 15.3. The molecule has 4 rings (SSSR count). The van der Waals surface area contributed by atoms with E-state index in [-0.39, 0.29) is 5.78 Å². The minimum atomic E-state index is 0.0611. The van der Waals surface area contributed by atoms with Crippen molar-refractivity contribution in [2.75, 3.05) is 32.8 Å². The van der Waals surface area contributed by atoms with Crippen molar-refractivity contribution in [3.63, 3.8) is 0 Å². The standard InChI is InChI=1S/C23H27NO3/c1-2-3-14-26-17-9-10-18-20(16-17)23(25)19-7-6-8-21(22(18)19)27-15-13-24-11-4-5-12-24/h6-10,16H,2-5,11-15H2,1H3. The number of ketones is 1. The molecule has 0 N–H and O–H groups in total. The third kappa shape index (κ3) is 3.72. The van der Waals surface area contributed by atoms with Crippen molar-refractivity contribution in [2.24, 2.45) is 0 Å². The van der Waals surface area contributed by atoms with Gasteiger partial charge < -0.3 is 9.47 Å². The van der Waals surface area contributed by atoms with Crippen LogP contribution in [0.15, 0.2) is 36.4 Å². The van der Waals surface area contributed by atoms with Crippen molar-refractivity contribution in [3.05, 3.63) is 47.5 Å². The van der Waals surface area contributed by atoms with E-state index in [1.54, 1.807) is 0 Å². The number of carbonyl (C=O) groups excluding carboxylic acids is 1. The average molecular weight is 365 g/mol. The summed E-state index contributed by atoms with van der Waals surface area (Å²) < 4.78 is 11.9. The van der Waals surface area contributed by atoms with E-state index in [2.05, 4.69) is 11.8 Å². The molecule has 1 fully saturated rings. The SMILES string of the molecule is CCCCOc1ccc2c(c1)C(=O)c1cccc(OCCN3CCCC3)c1-2. The molecule has 1 heterocycles. The maximum atomic E-state index is 12.9. The van der Waals surface area contributed by atoms with Crippen molar-refractivity contribution in [1.29, 1.82) is 0 Å². The zero-order valence-corrected chi connectivity index (χ0v) is 16.0. The molecular weight excluding hydrogens is 338 g/mol. The fourth-order valence-corrected chi connectivity index (χ4v) is 3.91. The molecule has 0 atom stereocenters. The lowest BCUT2D eigenvalue weighted by atomic mass is 10.0. The molecule has 2 aromatic rings. The summed E-state index contributed by atoms with van der Waals surface area (Å²) in [5.41, 5.74) is 3.33. The highest BCUT2D eigenvalue weighted by molar-refractivity contribution is 6.22. The average Bonchev–Trinajstić information content (AvgIpc) is 3.30. The van der Waals surface area contributed by atoms with Crippen LogP contribution in [0.4, 0.5) is 0 Å². The lowest BCUT2D eigenvalue weighted by Crippen LogP contribution is -2.25. The van der Waals surface area contributed by atoms with Crippen molar-refractivity contribution >= 4 is 5.78 Å². The van der Waals surface area contributed by atoms with Gasteiger partial charge in [-0.3, -0.25) is 9.69 Å². The molecule has 0 amide bonds. The van der Waals surface area contributed by atoms with Gasteiger partial charge in [-0.15, -0.1) is 0 Å². The molecule has 0 saturated carbocycles. The van der Waals surface area contributed by atoms with Crippen LogP contribution in [0.3, 0.4) is 0 Å². The predicted molar refractivity (Wildman–Crippen MR) is 107 cm³/mol. The van der Waals surface area contributed by atoms with Crippen molar-refractivity contribution < 1.29 is 14.3 Å². The maximum absolute atomic E-state index is 12.9. The largest absolute Gasteiger partial charge is 0.494 e. The number of carbonyl (C=O) groups is 1. The summed E-state index contributed by atoms with van der Waals surface area (Å²) in [7, 11) is 0. The van der Waals surface area contributed by atoms with Crippen molar-refractivity contribution in [3.8, 4) is 22.6 Å². The lowest BCUT2D eigenvalue weighted by Gasteiger charge is -2.16. The molecular formula is C23H27NO3. The van der Waals surface area contributed by atoms with Crippen LogP contribution in [0.1, 0.15) is 48.5 Å². The Bertz CT molecular complexity index is 824. The first-order valence-corrected chi connectivity index (χ1v) is 10.1. The molecule has 0 radical (unpaired) electrons. The van der Waals surface area contributed by atoms with Crippen LogP contribution in [0.25, 0.3) is 11.1 Å². The highest BCUT2D eigenvalue weighted by Gasteiger charge is 2.30. The molecule has 0 aromatic heterocycles. The molecule has 142 valence electrons. The van der Waals surface area contributed by atoms with E-state index in [9.17, 15) is 4.79 Å². The second-order valence-corrected chi connectivity index (χ2v) is 7.31. The normalized spacial score (nSPS) is 15.7. The van der Waals surface area contributed by atoms with E-state index in [0.717, 1.165) is 53.1 Å². The van der Waals surface area contributed by atoms with Crippen LogP contribution in [0.5, 0.6) is 11.5 Å². The van der Waals surface area contributed by atoms with Crippen molar-refractivity contribution in [1.82, 2.24) is 4.90 Å². The van der Waals surface area contributed by atoms with Gasteiger partial charge in [-0.25, -0.2) is 0 Å². The van der Waals surface area contributed by atoms with Gasteiger partial charge >= 0.3 is 0 Å². The van der Waals surface area contributed by atoms with Gasteiger partial charge in [0, 0.05) is 23.2 Å². The van der Waals surface area contributed by atoms with E-state index >= 15 is 0 Å². The number of fused-ring (bicyclic) bond motifs is 3. The third-order valence-corrected chi connectivity index (χ3v) is 5.41. The van der Waals surface area contributed by atoms with Crippen LogP contribution in [0, 0.1) is 0 Å². The molecule has 2 aromatic carbocycles. The fraction of sp³-hybridized carbons (Fsp3) is 0.435. The number of ether oxygens (including phenoxy) is 2. The Balaban J connectivity index is 1.53. The molecule has 0 unspecified atom stereocenters. The van der Waals surface area contributed by atoms with E-state index in [1.165, 1.54) is 25.9 Å². The smallest absolute Gasteiger partial charge is 0.194 e. The number of likely N-dealkylation sites (tertiary alicyclic amines) is 1. The summed E-state index contributed by atoms with van der Waals surface area (Å²) in [5, 5.41) is 0. The fourth-order valence-electron chi connectivity index (χ4n) is 3.91. The summed E-state index contributed by atoms with van der Waals surface area (Å²) in [6.07, 6.45) is 4.67. The summed E-state index contributed by atoms with van der Waals surface area (Å²) in [6, 6.07) is 11.6. The number of nitrogens with zero attached hydrogens (tertiary/aromatic N) is 1. The minimum Gasteiger partial charge on any atom is -0.494 e. The Labute approximate surface area is 161 Å². The number of unbranched alkanes of at least 4 members (excludes halogenated alkanes) is 1. The van der Waals surface area contributed by atoms with Gasteiger partial charge in [0.1, 0.15) is 18.1 Å². The van der Waals surface area contributed by atoms with Gasteiger partial charge in [-0.05, 0) is 62.2 Å². The summed E-state index contributed by atoms with van der Waals surface area (Å²) >= 11 is 0. The van der Waals surface area contributed by atoms with E-state index < -0.39 is 0 Å². The van der Waals surface area contributed by atoms with Gasteiger partial charge in [-0.1, -0.05) is 25.5 Å². The van der Waals surface area contributed by atoms with E-state index in [1.807, 2.05) is 36.4 Å². The third-order valence-electron chi connectivity index (χ3n) is 5.41. The lowest BCUT2D eigenvalue weighted by molar-refractivity contribution is 0.104. The summed E-state index contributed by atoms with van der Waals surface area (Å²) in [5.74, 6) is 1.63. The molecule has 1 saturated heterocycles. The Morgan fingerprint density at radius 1 is 0.963 bits per heavy atom. The zero-order valence-electron chi connectivity index (χ0n) is 16.0. The topological polar surface area (TPSA) is 38.8 Å². The molecule has 27 heavy (non-hydrogen) atoms. The molecule has 0 spiro atoms. The van der Waals surface area contributed by atoms with E-state index in [0.29, 0.717) is 13.2 Å². The molecule has 0 bridgehead atoms. The minimum absolute atomic E-state index is 0.0611. The Hall–Kier alpha value is -2.33. The highest BCUT2D eigenvalue weighted by atomic mass is 16.5. The quantitative estimate of drug-likeness (QED) is 0.549. The van der Waals surface area contributed by atoms with Gasteiger partial charge in [0.05, 0.1) is 6.61 Å². The monoisotopic (exact) mass is 365 g/mol. The van der Waals surface area contributed by atoms with Crippen LogP contribution in [-0.4, -0.2) is 43.5 Å². The molecule has 2 aliphatic rings. The highest BCUT2D eigenvalue weighted by Crippen LogP contribution is 2.43. The summed E-state index contributed by atoms with van der Waals surface area (Å²) in [6.45, 7) is 6.74. The Kier molecular flexibility index (Phi) is 5.44.